The molecule has 8 heteroatoms. The van der Waals surface area contributed by atoms with Gasteiger partial charge in [0, 0.05) is 11.3 Å². The van der Waals surface area contributed by atoms with Crippen LogP contribution in [0.4, 0.5) is 18.9 Å². The Bertz CT molecular complexity index is 861. The molecule has 136 valence electrons. The zero-order valence-electron chi connectivity index (χ0n) is 14.0. The van der Waals surface area contributed by atoms with Crippen LogP contribution in [0.15, 0.2) is 47.6 Å². The predicted octanol–water partition coefficient (Wildman–Crippen LogP) is 3.41. The summed E-state index contributed by atoms with van der Waals surface area (Å²) in [6.45, 7) is 3.64. The molecule has 0 fully saturated rings. The number of hydrogen-bond acceptors (Lipinski definition) is 3. The van der Waals surface area contributed by atoms with Gasteiger partial charge in [0.2, 0.25) is 0 Å². The Balaban J connectivity index is 2.04. The van der Waals surface area contributed by atoms with Crippen LogP contribution in [0.3, 0.4) is 0 Å². The van der Waals surface area contributed by atoms with Crippen LogP contribution in [0, 0.1) is 13.8 Å². The number of hydrazone groups is 1. The third kappa shape index (κ3) is 4.69. The van der Waals surface area contributed by atoms with E-state index in [-0.39, 0.29) is 5.56 Å². The number of nitrogens with zero attached hydrogens (tertiary/aromatic N) is 1. The van der Waals surface area contributed by atoms with Crippen molar-refractivity contribution in [3.63, 3.8) is 0 Å². The van der Waals surface area contributed by atoms with Crippen LogP contribution in [-0.2, 0) is 15.8 Å². The average molecular weight is 363 g/mol. The van der Waals surface area contributed by atoms with Gasteiger partial charge in [-0.05, 0) is 37.1 Å². The summed E-state index contributed by atoms with van der Waals surface area (Å²) in [5, 5.41) is 5.86. The lowest BCUT2D eigenvalue weighted by molar-refractivity contribution is -0.137. The summed E-state index contributed by atoms with van der Waals surface area (Å²) in [5.74, 6) is -2.06. The van der Waals surface area contributed by atoms with E-state index in [1.54, 1.807) is 19.1 Å². The minimum absolute atomic E-state index is 0.227. The lowest BCUT2D eigenvalue weighted by atomic mass is 10.1. The van der Waals surface area contributed by atoms with Crippen molar-refractivity contribution in [1.82, 2.24) is 5.43 Å². The third-order valence-electron chi connectivity index (χ3n) is 3.69. The lowest BCUT2D eigenvalue weighted by Gasteiger charge is -2.10. The van der Waals surface area contributed by atoms with E-state index < -0.39 is 23.6 Å². The molecule has 0 aromatic heterocycles. The molecule has 0 saturated carbocycles. The average Bonchev–Trinajstić information content (AvgIpc) is 2.58. The summed E-state index contributed by atoms with van der Waals surface area (Å²) >= 11 is 0. The van der Waals surface area contributed by atoms with E-state index in [1.165, 1.54) is 18.2 Å². The van der Waals surface area contributed by atoms with Crippen LogP contribution < -0.4 is 10.7 Å². The lowest BCUT2D eigenvalue weighted by Crippen LogP contribution is -2.32. The van der Waals surface area contributed by atoms with Gasteiger partial charge in [0.15, 0.2) is 0 Å². The molecule has 26 heavy (non-hydrogen) atoms. The van der Waals surface area contributed by atoms with Crippen LogP contribution in [0.1, 0.15) is 22.3 Å². The topological polar surface area (TPSA) is 70.6 Å². The van der Waals surface area contributed by atoms with Gasteiger partial charge in [0.05, 0.1) is 11.8 Å². The maximum atomic E-state index is 12.9. The standard InChI is InChI=1S/C18H16F3N3O2/c1-11-6-5-9-15(12(11)2)23-16(25)17(26)24-22-10-13-7-3-4-8-14(13)18(19,20)21/h3-10H,1-2H3,(H,23,25)(H,24,26)/b22-10-. The number of amides is 2. The molecule has 0 radical (unpaired) electrons. The summed E-state index contributed by atoms with van der Waals surface area (Å²) in [6.07, 6.45) is -3.71. The second-order valence-electron chi connectivity index (χ2n) is 5.49. The molecule has 2 aromatic rings. The maximum Gasteiger partial charge on any atom is 0.417 e. The molecule has 0 aliphatic carbocycles. The number of carbonyl (C=O) groups excluding carboxylic acids is 2. The number of halogens is 3. The van der Waals surface area contributed by atoms with Crippen molar-refractivity contribution in [1.29, 1.82) is 0 Å². The minimum atomic E-state index is -4.55. The molecule has 2 aromatic carbocycles. The molecule has 0 atom stereocenters. The van der Waals surface area contributed by atoms with E-state index >= 15 is 0 Å². The van der Waals surface area contributed by atoms with Crippen molar-refractivity contribution in [3.05, 3.63) is 64.7 Å². The SMILES string of the molecule is Cc1cccc(NC(=O)C(=O)N/N=C\c2ccccc2C(F)(F)F)c1C. The van der Waals surface area contributed by atoms with Crippen LogP contribution >= 0.6 is 0 Å². The third-order valence-corrected chi connectivity index (χ3v) is 3.69. The highest BCUT2D eigenvalue weighted by Crippen LogP contribution is 2.31. The Morgan fingerprint density at radius 2 is 1.69 bits per heavy atom. The molecule has 0 spiro atoms. The second-order valence-corrected chi connectivity index (χ2v) is 5.49. The largest absolute Gasteiger partial charge is 0.417 e. The molecule has 0 unspecified atom stereocenters. The Morgan fingerprint density at radius 1 is 1.00 bits per heavy atom. The van der Waals surface area contributed by atoms with Crippen molar-refractivity contribution in [3.8, 4) is 0 Å². The number of carbonyl (C=O) groups is 2. The van der Waals surface area contributed by atoms with Crippen LogP contribution in [-0.4, -0.2) is 18.0 Å². The zero-order chi connectivity index (χ0) is 19.3. The predicted molar refractivity (Wildman–Crippen MR) is 91.7 cm³/mol. The van der Waals surface area contributed by atoms with Crippen molar-refractivity contribution in [2.75, 3.05) is 5.32 Å². The van der Waals surface area contributed by atoms with Crippen LogP contribution in [0.25, 0.3) is 0 Å². The number of aryl methyl sites for hydroxylation is 1. The fraction of sp³-hybridized carbons (Fsp3) is 0.167. The van der Waals surface area contributed by atoms with E-state index in [4.69, 9.17) is 0 Å². The van der Waals surface area contributed by atoms with Gasteiger partial charge in [0.25, 0.3) is 0 Å². The highest BCUT2D eigenvalue weighted by molar-refractivity contribution is 6.39. The van der Waals surface area contributed by atoms with Gasteiger partial charge < -0.3 is 5.32 Å². The molecule has 2 N–H and O–H groups in total. The molecule has 2 rings (SSSR count). The Kier molecular flexibility index (Phi) is 5.76. The van der Waals surface area contributed by atoms with Crippen LogP contribution in [0.2, 0.25) is 0 Å². The highest BCUT2D eigenvalue weighted by Gasteiger charge is 2.32. The molecular formula is C18H16F3N3O2. The van der Waals surface area contributed by atoms with E-state index in [2.05, 4.69) is 10.4 Å². The second kappa shape index (κ2) is 7.81. The molecule has 0 aliphatic heterocycles. The molecule has 2 amide bonds. The number of nitrogens with one attached hydrogen (secondary N) is 2. The summed E-state index contributed by atoms with van der Waals surface area (Å²) in [7, 11) is 0. The molecule has 0 aliphatic rings. The monoisotopic (exact) mass is 363 g/mol. The first kappa shape index (κ1) is 19.2. The first-order valence-corrected chi connectivity index (χ1v) is 7.57. The first-order valence-electron chi connectivity index (χ1n) is 7.57. The Morgan fingerprint density at radius 3 is 2.38 bits per heavy atom. The fourth-order valence-corrected chi connectivity index (χ4v) is 2.14. The van der Waals surface area contributed by atoms with E-state index in [9.17, 15) is 22.8 Å². The fourth-order valence-electron chi connectivity index (χ4n) is 2.14. The smallest absolute Gasteiger partial charge is 0.317 e. The molecular weight excluding hydrogens is 347 g/mol. The molecule has 0 heterocycles. The van der Waals surface area contributed by atoms with Gasteiger partial charge in [-0.25, -0.2) is 5.43 Å². The Hall–Kier alpha value is -3.16. The number of alkyl halides is 3. The molecule has 5 nitrogen and oxygen atoms in total. The summed E-state index contributed by atoms with van der Waals surface area (Å²) in [6, 6.07) is 9.97. The number of hydrogen-bond donors (Lipinski definition) is 2. The summed E-state index contributed by atoms with van der Waals surface area (Å²) < 4.78 is 38.6. The summed E-state index contributed by atoms with van der Waals surface area (Å²) in [4.78, 5) is 23.6. The van der Waals surface area contributed by atoms with Crippen molar-refractivity contribution >= 4 is 23.7 Å². The van der Waals surface area contributed by atoms with Crippen molar-refractivity contribution < 1.29 is 22.8 Å². The van der Waals surface area contributed by atoms with Gasteiger partial charge in [-0.1, -0.05) is 30.3 Å². The van der Waals surface area contributed by atoms with Crippen molar-refractivity contribution in [2.24, 2.45) is 5.10 Å². The highest BCUT2D eigenvalue weighted by atomic mass is 19.4. The van der Waals surface area contributed by atoms with Crippen LogP contribution in [0.5, 0.6) is 0 Å². The maximum absolute atomic E-state index is 12.9. The first-order chi connectivity index (χ1) is 12.2. The Labute approximate surface area is 147 Å². The van der Waals surface area contributed by atoms with E-state index in [1.807, 2.05) is 18.4 Å². The molecule has 0 saturated heterocycles. The van der Waals surface area contributed by atoms with E-state index in [0.29, 0.717) is 5.69 Å². The molecule has 0 bridgehead atoms. The number of anilines is 1. The normalized spacial score (nSPS) is 11.4. The number of rotatable bonds is 3. The minimum Gasteiger partial charge on any atom is -0.317 e. The van der Waals surface area contributed by atoms with Gasteiger partial charge in [-0.15, -0.1) is 0 Å². The van der Waals surface area contributed by atoms with Crippen molar-refractivity contribution in [2.45, 2.75) is 20.0 Å². The van der Waals surface area contributed by atoms with Gasteiger partial charge in [-0.3, -0.25) is 9.59 Å². The van der Waals surface area contributed by atoms with E-state index in [0.717, 1.165) is 23.4 Å². The van der Waals surface area contributed by atoms with Gasteiger partial charge >= 0.3 is 18.0 Å². The zero-order valence-corrected chi connectivity index (χ0v) is 14.0. The quantitative estimate of drug-likeness (QED) is 0.498. The van der Waals surface area contributed by atoms with Gasteiger partial charge in [-0.2, -0.15) is 18.3 Å². The number of benzene rings is 2. The summed E-state index contributed by atoms with van der Waals surface area (Å²) in [5.41, 5.74) is 3.00. The van der Waals surface area contributed by atoms with Gasteiger partial charge in [0.1, 0.15) is 0 Å².